The number of hydrogen-bond donors (Lipinski definition) is 0. The van der Waals surface area contributed by atoms with Crippen molar-refractivity contribution in [3.8, 4) is 0 Å². The molecule has 0 aromatic carbocycles. The molecule has 7 heterocycles. The summed E-state index contributed by atoms with van der Waals surface area (Å²) in [4.78, 5) is 0. The van der Waals surface area contributed by atoms with Gasteiger partial charge >= 0.3 is 0 Å². The van der Waals surface area contributed by atoms with Gasteiger partial charge in [0.25, 0.3) is 0 Å². The van der Waals surface area contributed by atoms with Gasteiger partial charge in [0.1, 0.15) is 67.1 Å². The molecule has 0 aliphatic carbocycles. The molecular weight excluding hydrogens is 1200 g/mol. The summed E-state index contributed by atoms with van der Waals surface area (Å²) < 4.78 is 166. The van der Waals surface area contributed by atoms with Crippen molar-refractivity contribution in [1.29, 1.82) is 0 Å². The molecule has 91 heavy (non-hydrogen) atoms. The Labute approximate surface area is 542 Å². The van der Waals surface area contributed by atoms with E-state index in [0.29, 0.717) is 13.2 Å². The van der Waals surface area contributed by atoms with Crippen LogP contribution in [0.4, 0.5) is 0 Å². The molecule has 7 rings (SSSR count). The van der Waals surface area contributed by atoms with Crippen LogP contribution in [0.25, 0.3) is 0 Å². The predicted molar refractivity (Wildman–Crippen MR) is 326 cm³/mol. The van der Waals surface area contributed by atoms with Crippen LogP contribution in [0.5, 0.6) is 0 Å². The van der Waals surface area contributed by atoms with Crippen molar-refractivity contribution in [2.24, 2.45) is 59.2 Å². The average molecular weight is 1320 g/mol. The zero-order valence-electron chi connectivity index (χ0n) is 58.8. The number of methoxy groups -OCH3 is 13. The van der Waals surface area contributed by atoms with Crippen LogP contribution < -0.4 is 0 Å². The summed E-state index contributed by atoms with van der Waals surface area (Å²) in [7, 11) is 21.4. The molecule has 0 bridgehead atoms. The molecule has 0 saturated carbocycles. The maximum absolute atomic E-state index is 7.13. The van der Waals surface area contributed by atoms with E-state index in [0.717, 1.165) is 0 Å². The summed E-state index contributed by atoms with van der Waals surface area (Å²) in [5.41, 5.74) is 0. The molecule has 35 atom stereocenters. The molecule has 7 fully saturated rings. The van der Waals surface area contributed by atoms with E-state index < -0.39 is 136 Å². The SMILES string of the molecule is COCC1O[C@@H](O[C@H]2C(C)C(C)[C@@H](O[C@H]3C(C)C(OC)[C@H](O[C@@H]4C(C)C(C)[C@@H](O[C@H]5C(C)C(OC)[C@H](O[C@@H]6C(C)C(C)[C@@H](O[C@H]7C(C)C(OC)[C@H](OC)O[C@H]7COC)O[C@H]6COC)O[C@H]5COC)O[C@H]4COC)O[C@H]3COC)O[C@H]2COC)C(OC)[C@@H](C)[C@@H]1OC. The molecule has 0 spiro atoms. The minimum Gasteiger partial charge on any atom is -0.382 e. The lowest BCUT2D eigenvalue weighted by atomic mass is 9.83. The highest BCUT2D eigenvalue weighted by molar-refractivity contribution is 4.99. The molecule has 14 unspecified atom stereocenters. The first-order chi connectivity index (χ1) is 43.7. The highest BCUT2D eigenvalue weighted by Gasteiger charge is 2.57. The van der Waals surface area contributed by atoms with Gasteiger partial charge in [0, 0.05) is 134 Å². The van der Waals surface area contributed by atoms with Crippen molar-refractivity contribution >= 4 is 0 Å². The van der Waals surface area contributed by atoms with Crippen molar-refractivity contribution in [3.05, 3.63) is 0 Å². The first-order valence-corrected chi connectivity index (χ1v) is 32.8. The molecule has 26 heteroatoms. The largest absolute Gasteiger partial charge is 0.382 e. The van der Waals surface area contributed by atoms with Gasteiger partial charge in [0.2, 0.25) is 0 Å². The molecule has 0 N–H and O–H groups in total. The Balaban J connectivity index is 1.02. The van der Waals surface area contributed by atoms with Crippen LogP contribution in [-0.2, 0) is 123 Å². The monoisotopic (exact) mass is 1310 g/mol. The van der Waals surface area contributed by atoms with E-state index >= 15 is 0 Å². The summed E-state index contributed by atoms with van der Waals surface area (Å²) in [6, 6.07) is 0. The summed E-state index contributed by atoms with van der Waals surface area (Å²) in [6.45, 7) is 22.7. The maximum atomic E-state index is 7.13. The molecule has 7 aliphatic heterocycles. The molecule has 7 aliphatic rings. The third kappa shape index (κ3) is 17.5. The second kappa shape index (κ2) is 36.7. The molecule has 0 aromatic rings. The fraction of sp³-hybridized carbons (Fsp3) is 1.00. The molecule has 0 aromatic heterocycles. The summed E-state index contributed by atoms with van der Waals surface area (Å²) in [6.07, 6.45) is -13.9. The van der Waals surface area contributed by atoms with Crippen LogP contribution in [-0.4, -0.2) is 293 Å². The Morgan fingerprint density at radius 3 is 0.571 bits per heavy atom. The molecule has 0 amide bonds. The van der Waals surface area contributed by atoms with Gasteiger partial charge in [-0.25, -0.2) is 0 Å². The molecule has 534 valence electrons. The van der Waals surface area contributed by atoms with Gasteiger partial charge in [-0.2, -0.15) is 0 Å². The highest BCUT2D eigenvalue weighted by atomic mass is 16.8. The number of ether oxygens (including phenoxy) is 26. The van der Waals surface area contributed by atoms with E-state index in [-0.39, 0.29) is 111 Å². The van der Waals surface area contributed by atoms with Crippen molar-refractivity contribution < 1.29 is 123 Å². The van der Waals surface area contributed by atoms with Gasteiger partial charge in [-0.1, -0.05) is 69.2 Å². The van der Waals surface area contributed by atoms with E-state index in [1.807, 2.05) is 0 Å². The van der Waals surface area contributed by atoms with Crippen molar-refractivity contribution in [2.75, 3.05) is 139 Å². The third-order valence-electron chi connectivity index (χ3n) is 20.9. The maximum Gasteiger partial charge on any atom is 0.185 e. The molecular formula is C65H118O26. The normalized spacial score (nSPS) is 47.6. The fourth-order valence-corrected chi connectivity index (χ4v) is 15.1. The van der Waals surface area contributed by atoms with E-state index in [1.165, 1.54) is 0 Å². The van der Waals surface area contributed by atoms with Crippen molar-refractivity contribution in [1.82, 2.24) is 0 Å². The molecule has 26 nitrogen and oxygen atoms in total. The van der Waals surface area contributed by atoms with Crippen LogP contribution in [0, 0.1) is 59.2 Å². The Bertz CT molecular complexity index is 2030. The quantitative estimate of drug-likeness (QED) is 0.0863. The highest BCUT2D eigenvalue weighted by Crippen LogP contribution is 2.45. The zero-order chi connectivity index (χ0) is 66.5. The summed E-state index contributed by atoms with van der Waals surface area (Å²) in [5, 5.41) is 0. The van der Waals surface area contributed by atoms with Crippen LogP contribution in [0.3, 0.4) is 0 Å². The summed E-state index contributed by atoms with van der Waals surface area (Å²) >= 11 is 0. The minimum atomic E-state index is -0.857. The van der Waals surface area contributed by atoms with Crippen LogP contribution >= 0.6 is 0 Å². The van der Waals surface area contributed by atoms with Gasteiger partial charge in [0.15, 0.2) is 44.0 Å². The first kappa shape index (κ1) is 77.3. The molecule has 0 radical (unpaired) electrons. The lowest BCUT2D eigenvalue weighted by Crippen LogP contribution is -2.64. The number of hydrogen-bond acceptors (Lipinski definition) is 26. The standard InChI is InChI=1S/C65H118O26/c1-31-35(5)60(80-42(25-67-12)49(31)89-63-56(75-20)37(7)48(73-18)41(83-63)24-66-11)87-53-39(9)58(77-22)65(85-46(53)29-71-16)91-51-33(3)36(6)61(81-44(51)27-69-14)88-54-40(10)57(76-21)64(84-47(54)30-72-17)90-50-32(2)34(4)59(79-43(50)26-68-13)86-52-38(8)55(74-19)62(78-23)82-45(52)28-70-15/h31-65H,24-30H2,1-23H3/t31?,32?,33?,34?,35?,36?,37-,38?,39?,40?,41?,42-,43-,44-,45-,46-,47-,48-,49-,50+,51+,52-,53-,54-,55?,56?,57?,58?,59+,60+,61+,62+,63-,64-,65-/m0/s1. The Kier molecular flexibility index (Phi) is 31.2. The lowest BCUT2D eigenvalue weighted by Gasteiger charge is -2.52. The Hall–Kier alpha value is -1.04. The fourth-order valence-electron chi connectivity index (χ4n) is 15.1. The smallest absolute Gasteiger partial charge is 0.185 e. The van der Waals surface area contributed by atoms with Gasteiger partial charge in [0.05, 0.1) is 89.0 Å². The van der Waals surface area contributed by atoms with E-state index in [2.05, 4.69) is 69.2 Å². The van der Waals surface area contributed by atoms with Gasteiger partial charge in [-0.15, -0.1) is 0 Å². The van der Waals surface area contributed by atoms with Gasteiger partial charge in [-0.3, -0.25) is 0 Å². The second-order valence-corrected chi connectivity index (χ2v) is 26.4. The predicted octanol–water partition coefficient (Wildman–Crippen LogP) is 4.98. The first-order valence-electron chi connectivity index (χ1n) is 32.8. The van der Waals surface area contributed by atoms with Crippen LogP contribution in [0.2, 0.25) is 0 Å². The van der Waals surface area contributed by atoms with Crippen LogP contribution in [0.15, 0.2) is 0 Å². The second-order valence-electron chi connectivity index (χ2n) is 26.4. The van der Waals surface area contributed by atoms with Crippen LogP contribution in [0.1, 0.15) is 69.2 Å². The van der Waals surface area contributed by atoms with E-state index in [1.54, 1.807) is 92.4 Å². The Morgan fingerprint density at radius 2 is 0.352 bits per heavy atom. The lowest BCUT2D eigenvalue weighted by molar-refractivity contribution is -0.383. The van der Waals surface area contributed by atoms with Crippen molar-refractivity contribution in [2.45, 2.75) is 223 Å². The van der Waals surface area contributed by atoms with E-state index in [4.69, 9.17) is 123 Å². The van der Waals surface area contributed by atoms with Gasteiger partial charge < -0.3 is 123 Å². The topological polar surface area (TPSA) is 240 Å². The Morgan fingerprint density at radius 1 is 0.176 bits per heavy atom. The molecule has 7 saturated heterocycles. The average Bonchev–Trinajstić information content (AvgIpc) is 0.908. The minimum absolute atomic E-state index is 0.0584. The van der Waals surface area contributed by atoms with E-state index in [9.17, 15) is 0 Å². The van der Waals surface area contributed by atoms with Crippen molar-refractivity contribution in [3.63, 3.8) is 0 Å². The zero-order valence-corrected chi connectivity index (χ0v) is 58.8. The number of rotatable bonds is 32. The summed E-state index contributed by atoms with van der Waals surface area (Å²) in [5.74, 6) is -1.59. The van der Waals surface area contributed by atoms with Gasteiger partial charge in [-0.05, 0) is 17.8 Å². The third-order valence-corrected chi connectivity index (χ3v) is 20.9.